The molecule has 22 heavy (non-hydrogen) atoms. The molecule has 3 rings (SSSR count). The summed E-state index contributed by atoms with van der Waals surface area (Å²) in [7, 11) is 0. The molecule has 1 saturated heterocycles. The summed E-state index contributed by atoms with van der Waals surface area (Å²) in [5.41, 5.74) is 1.58. The summed E-state index contributed by atoms with van der Waals surface area (Å²) in [6.07, 6.45) is 3.68. The number of nitriles is 1. The van der Waals surface area contributed by atoms with Crippen LogP contribution in [0.15, 0.2) is 34.0 Å². The van der Waals surface area contributed by atoms with Crippen molar-refractivity contribution in [2.45, 2.75) is 19.8 Å². The number of benzene rings is 1. The van der Waals surface area contributed by atoms with Gasteiger partial charge < -0.3 is 4.90 Å². The van der Waals surface area contributed by atoms with Gasteiger partial charge in [0.25, 0.3) is 5.56 Å². The zero-order chi connectivity index (χ0) is 15.7. The normalized spacial score (nSPS) is 14.1. The van der Waals surface area contributed by atoms with E-state index in [4.69, 9.17) is 5.26 Å². The van der Waals surface area contributed by atoms with Crippen molar-refractivity contribution in [2.75, 3.05) is 18.0 Å². The summed E-state index contributed by atoms with van der Waals surface area (Å²) < 4.78 is 1.29. The highest BCUT2D eigenvalue weighted by atomic mass is 16.2. The second kappa shape index (κ2) is 5.53. The van der Waals surface area contributed by atoms with Gasteiger partial charge >= 0.3 is 5.69 Å². The molecule has 6 nitrogen and oxygen atoms in total. The molecule has 1 aliphatic heterocycles. The standard InChI is InChI=1S/C16H16N4O2/c1-11-8-13(4-5-14(11)19-6-2-3-7-19)20-10-12(9-17)15(21)18-16(20)22/h4-5,8,10H,2-3,6-7H2,1H3,(H,18,21,22). The van der Waals surface area contributed by atoms with E-state index in [1.807, 2.05) is 25.1 Å². The Kier molecular flexibility index (Phi) is 3.55. The molecule has 6 heteroatoms. The zero-order valence-corrected chi connectivity index (χ0v) is 12.3. The van der Waals surface area contributed by atoms with Gasteiger partial charge in [0.15, 0.2) is 0 Å². The molecule has 0 bridgehead atoms. The number of nitrogens with zero attached hydrogens (tertiary/aromatic N) is 3. The molecule has 0 spiro atoms. The topological polar surface area (TPSA) is 81.9 Å². The van der Waals surface area contributed by atoms with Crippen LogP contribution in [0.1, 0.15) is 24.0 Å². The molecule has 0 atom stereocenters. The summed E-state index contributed by atoms with van der Waals surface area (Å²) in [4.78, 5) is 27.9. The van der Waals surface area contributed by atoms with Gasteiger partial charge in [0, 0.05) is 25.0 Å². The first kappa shape index (κ1) is 14.1. The number of aromatic nitrogens is 2. The summed E-state index contributed by atoms with van der Waals surface area (Å²) in [5, 5.41) is 8.93. The number of aryl methyl sites for hydroxylation is 1. The highest BCUT2D eigenvalue weighted by molar-refractivity contribution is 5.57. The van der Waals surface area contributed by atoms with Crippen molar-refractivity contribution in [1.29, 1.82) is 5.26 Å². The molecule has 1 aromatic heterocycles. The van der Waals surface area contributed by atoms with E-state index in [2.05, 4.69) is 9.88 Å². The Bertz CT molecular complexity index is 867. The van der Waals surface area contributed by atoms with Gasteiger partial charge in [-0.15, -0.1) is 0 Å². The predicted molar refractivity (Wildman–Crippen MR) is 83.6 cm³/mol. The maximum atomic E-state index is 11.9. The molecule has 0 unspecified atom stereocenters. The molecule has 1 N–H and O–H groups in total. The fourth-order valence-electron chi connectivity index (χ4n) is 2.84. The fourth-order valence-corrected chi connectivity index (χ4v) is 2.84. The van der Waals surface area contributed by atoms with E-state index in [1.165, 1.54) is 29.3 Å². The smallest absolute Gasteiger partial charge is 0.332 e. The Labute approximate surface area is 127 Å². The van der Waals surface area contributed by atoms with E-state index in [1.54, 1.807) is 6.07 Å². The molecule has 0 aliphatic carbocycles. The zero-order valence-electron chi connectivity index (χ0n) is 12.3. The van der Waals surface area contributed by atoms with Crippen LogP contribution in [-0.2, 0) is 0 Å². The fraction of sp³-hybridized carbons (Fsp3) is 0.312. The van der Waals surface area contributed by atoms with Crippen molar-refractivity contribution in [3.05, 3.63) is 56.4 Å². The van der Waals surface area contributed by atoms with Crippen LogP contribution < -0.4 is 16.1 Å². The second-order valence-corrected chi connectivity index (χ2v) is 5.45. The number of nitrogens with one attached hydrogen (secondary N) is 1. The van der Waals surface area contributed by atoms with Crippen molar-refractivity contribution < 1.29 is 0 Å². The van der Waals surface area contributed by atoms with Crippen molar-refractivity contribution >= 4 is 5.69 Å². The molecular formula is C16H16N4O2. The molecule has 2 aromatic rings. The Hall–Kier alpha value is -2.81. The summed E-state index contributed by atoms with van der Waals surface area (Å²) in [5.74, 6) is 0. The minimum absolute atomic E-state index is 0.0825. The maximum absolute atomic E-state index is 11.9. The molecule has 2 heterocycles. The van der Waals surface area contributed by atoms with Crippen LogP contribution in [-0.4, -0.2) is 22.6 Å². The van der Waals surface area contributed by atoms with E-state index >= 15 is 0 Å². The monoisotopic (exact) mass is 296 g/mol. The number of hydrogen-bond donors (Lipinski definition) is 1. The SMILES string of the molecule is Cc1cc(-n2cc(C#N)c(=O)[nH]c2=O)ccc1N1CCCC1. The predicted octanol–water partition coefficient (Wildman–Crippen LogP) is 1.31. The van der Waals surface area contributed by atoms with E-state index in [0.29, 0.717) is 5.69 Å². The number of aromatic amines is 1. The minimum atomic E-state index is -0.658. The maximum Gasteiger partial charge on any atom is 0.332 e. The second-order valence-electron chi connectivity index (χ2n) is 5.45. The lowest BCUT2D eigenvalue weighted by Crippen LogP contribution is -2.30. The van der Waals surface area contributed by atoms with E-state index in [9.17, 15) is 9.59 Å². The van der Waals surface area contributed by atoms with Crippen LogP contribution in [0, 0.1) is 18.3 Å². The number of rotatable bonds is 2. The summed E-state index contributed by atoms with van der Waals surface area (Å²) in [6.45, 7) is 4.10. The minimum Gasteiger partial charge on any atom is -0.371 e. The molecule has 1 aromatic carbocycles. The van der Waals surface area contributed by atoms with Crippen molar-refractivity contribution in [1.82, 2.24) is 9.55 Å². The van der Waals surface area contributed by atoms with Gasteiger partial charge in [0.05, 0.1) is 5.69 Å². The third kappa shape index (κ3) is 2.42. The van der Waals surface area contributed by atoms with Crippen LogP contribution in [0.2, 0.25) is 0 Å². The average Bonchev–Trinajstić information content (AvgIpc) is 3.01. The molecule has 1 aliphatic rings. The van der Waals surface area contributed by atoms with Crippen LogP contribution in [0.3, 0.4) is 0 Å². The van der Waals surface area contributed by atoms with Crippen molar-refractivity contribution in [3.8, 4) is 11.8 Å². The Morgan fingerprint density at radius 3 is 2.59 bits per heavy atom. The number of anilines is 1. The average molecular weight is 296 g/mol. The lowest BCUT2D eigenvalue weighted by atomic mass is 10.1. The largest absolute Gasteiger partial charge is 0.371 e. The highest BCUT2D eigenvalue weighted by Crippen LogP contribution is 2.25. The summed E-state index contributed by atoms with van der Waals surface area (Å²) >= 11 is 0. The Morgan fingerprint density at radius 2 is 1.95 bits per heavy atom. The van der Waals surface area contributed by atoms with Crippen LogP contribution in [0.4, 0.5) is 5.69 Å². The molecule has 0 radical (unpaired) electrons. The molecular weight excluding hydrogens is 280 g/mol. The lowest BCUT2D eigenvalue weighted by molar-refractivity contribution is 0.886. The van der Waals surface area contributed by atoms with Gasteiger partial charge in [-0.25, -0.2) is 4.79 Å². The van der Waals surface area contributed by atoms with Crippen molar-refractivity contribution in [2.24, 2.45) is 0 Å². The van der Waals surface area contributed by atoms with Gasteiger partial charge in [-0.3, -0.25) is 14.3 Å². The molecule has 112 valence electrons. The Balaban J connectivity index is 2.06. The first-order chi connectivity index (χ1) is 10.6. The Morgan fingerprint density at radius 1 is 1.23 bits per heavy atom. The first-order valence-electron chi connectivity index (χ1n) is 7.22. The first-order valence-corrected chi connectivity index (χ1v) is 7.22. The third-order valence-corrected chi connectivity index (χ3v) is 3.97. The quantitative estimate of drug-likeness (QED) is 0.905. The summed E-state index contributed by atoms with van der Waals surface area (Å²) in [6, 6.07) is 7.51. The number of H-pyrrole nitrogens is 1. The van der Waals surface area contributed by atoms with E-state index < -0.39 is 11.2 Å². The van der Waals surface area contributed by atoms with E-state index in [0.717, 1.165) is 18.7 Å². The van der Waals surface area contributed by atoms with Crippen LogP contribution in [0.5, 0.6) is 0 Å². The van der Waals surface area contributed by atoms with Gasteiger partial charge in [-0.2, -0.15) is 5.26 Å². The molecule has 1 fully saturated rings. The third-order valence-electron chi connectivity index (χ3n) is 3.97. The van der Waals surface area contributed by atoms with Gasteiger partial charge in [-0.1, -0.05) is 0 Å². The molecule has 0 saturated carbocycles. The number of hydrogen-bond acceptors (Lipinski definition) is 4. The lowest BCUT2D eigenvalue weighted by Gasteiger charge is -2.20. The molecule has 0 amide bonds. The van der Waals surface area contributed by atoms with Crippen molar-refractivity contribution in [3.63, 3.8) is 0 Å². The van der Waals surface area contributed by atoms with Gasteiger partial charge in [-0.05, 0) is 43.5 Å². The highest BCUT2D eigenvalue weighted by Gasteiger charge is 2.15. The van der Waals surface area contributed by atoms with Crippen LogP contribution in [0.25, 0.3) is 5.69 Å². The van der Waals surface area contributed by atoms with E-state index in [-0.39, 0.29) is 5.56 Å². The van der Waals surface area contributed by atoms with Crippen LogP contribution >= 0.6 is 0 Å². The van der Waals surface area contributed by atoms with Gasteiger partial charge in [0.1, 0.15) is 11.6 Å². The van der Waals surface area contributed by atoms with Gasteiger partial charge in [0.2, 0.25) is 0 Å².